The van der Waals surface area contributed by atoms with Crippen LogP contribution in [-0.4, -0.2) is 11.5 Å². The van der Waals surface area contributed by atoms with Crippen LogP contribution in [0.5, 0.6) is 5.75 Å². The van der Waals surface area contributed by atoms with Gasteiger partial charge in [-0.2, -0.15) is 0 Å². The summed E-state index contributed by atoms with van der Waals surface area (Å²) in [5, 5.41) is 1.37. The Hall–Kier alpha value is -0.110. The summed E-state index contributed by atoms with van der Waals surface area (Å²) in [7, 11) is 0. The number of alkyl halides is 1. The average molecular weight is 280 g/mol. The van der Waals surface area contributed by atoms with Gasteiger partial charge in [-0.3, -0.25) is 0 Å². The van der Waals surface area contributed by atoms with Crippen molar-refractivity contribution in [1.29, 1.82) is 0 Å². The van der Waals surface area contributed by atoms with Crippen LogP contribution in [0.3, 0.4) is 0 Å². The van der Waals surface area contributed by atoms with Crippen LogP contribution >= 0.6 is 34.8 Å². The van der Waals surface area contributed by atoms with Crippen molar-refractivity contribution in [2.75, 3.05) is 0 Å². The molecule has 1 nitrogen and oxygen atoms in total. The zero-order chi connectivity index (χ0) is 11.9. The Morgan fingerprint density at radius 1 is 1.31 bits per heavy atom. The highest BCUT2D eigenvalue weighted by molar-refractivity contribution is 6.34. The van der Waals surface area contributed by atoms with Crippen LogP contribution in [0.15, 0.2) is 18.2 Å². The number of hydrogen-bond donors (Lipinski definition) is 0. The third-order valence-corrected chi connectivity index (χ3v) is 4.51. The standard InChI is InChI=1S/C12H13Cl3O/c1-12(2)10(15)6-11(12)16-9-5-7(13)3-4-8(9)14/h3-5,10-11H,6H2,1-2H3. The number of rotatable bonds is 2. The first-order valence-electron chi connectivity index (χ1n) is 5.17. The average Bonchev–Trinajstić information content (AvgIpc) is 2.23. The van der Waals surface area contributed by atoms with E-state index in [1.807, 2.05) is 0 Å². The molecule has 0 radical (unpaired) electrons. The summed E-state index contributed by atoms with van der Waals surface area (Å²) in [6.45, 7) is 4.19. The van der Waals surface area contributed by atoms with E-state index in [0.29, 0.717) is 15.8 Å². The Morgan fingerprint density at radius 2 is 2.00 bits per heavy atom. The molecule has 2 unspecified atom stereocenters. The highest BCUT2D eigenvalue weighted by Gasteiger charge is 2.49. The SMILES string of the molecule is CC1(C)C(Cl)CC1Oc1cc(Cl)ccc1Cl. The third kappa shape index (κ3) is 2.13. The number of hydrogen-bond acceptors (Lipinski definition) is 1. The number of halogens is 3. The summed E-state index contributed by atoms with van der Waals surface area (Å²) in [5.41, 5.74) is -0.0206. The number of benzene rings is 1. The molecule has 4 heteroatoms. The van der Waals surface area contributed by atoms with Crippen molar-refractivity contribution in [2.24, 2.45) is 5.41 Å². The second kappa shape index (κ2) is 4.29. The Kier molecular flexibility index (Phi) is 3.31. The second-order valence-electron chi connectivity index (χ2n) is 4.71. The molecule has 2 rings (SSSR count). The normalized spacial score (nSPS) is 27.3. The molecule has 1 aromatic rings. The van der Waals surface area contributed by atoms with Crippen molar-refractivity contribution >= 4 is 34.8 Å². The second-order valence-corrected chi connectivity index (χ2v) is 6.08. The molecular weight excluding hydrogens is 266 g/mol. The summed E-state index contributed by atoms with van der Waals surface area (Å²) >= 11 is 18.1. The summed E-state index contributed by atoms with van der Waals surface area (Å²) in [5.74, 6) is 0.635. The minimum Gasteiger partial charge on any atom is -0.488 e. The van der Waals surface area contributed by atoms with Crippen molar-refractivity contribution < 1.29 is 4.74 Å². The summed E-state index contributed by atoms with van der Waals surface area (Å²) in [6.07, 6.45) is 0.947. The van der Waals surface area contributed by atoms with Gasteiger partial charge in [0.25, 0.3) is 0 Å². The summed E-state index contributed by atoms with van der Waals surface area (Å²) in [4.78, 5) is 0. The molecule has 1 aliphatic carbocycles. The van der Waals surface area contributed by atoms with Crippen LogP contribution < -0.4 is 4.74 Å². The minimum atomic E-state index is -0.0206. The van der Waals surface area contributed by atoms with Gasteiger partial charge in [-0.1, -0.05) is 37.0 Å². The zero-order valence-corrected chi connectivity index (χ0v) is 11.4. The van der Waals surface area contributed by atoms with Gasteiger partial charge in [-0.05, 0) is 12.1 Å². The van der Waals surface area contributed by atoms with Crippen molar-refractivity contribution in [3.63, 3.8) is 0 Å². The molecule has 0 heterocycles. The topological polar surface area (TPSA) is 9.23 Å². The molecule has 0 bridgehead atoms. The maximum atomic E-state index is 6.13. The molecule has 1 saturated carbocycles. The molecule has 88 valence electrons. The van der Waals surface area contributed by atoms with Crippen molar-refractivity contribution in [3.05, 3.63) is 28.2 Å². The molecule has 0 amide bonds. The van der Waals surface area contributed by atoms with Gasteiger partial charge in [0.05, 0.1) is 5.02 Å². The van der Waals surface area contributed by atoms with Crippen molar-refractivity contribution in [2.45, 2.75) is 31.7 Å². The molecule has 0 aromatic heterocycles. The molecular formula is C12H13Cl3O. The van der Waals surface area contributed by atoms with E-state index in [0.717, 1.165) is 6.42 Å². The smallest absolute Gasteiger partial charge is 0.139 e. The molecule has 16 heavy (non-hydrogen) atoms. The highest BCUT2D eigenvalue weighted by atomic mass is 35.5. The molecule has 1 fully saturated rings. The van der Waals surface area contributed by atoms with Crippen molar-refractivity contribution in [3.8, 4) is 5.75 Å². The molecule has 1 aliphatic rings. The lowest BCUT2D eigenvalue weighted by atomic mass is 9.68. The lowest BCUT2D eigenvalue weighted by molar-refractivity contribution is -0.0129. The molecule has 0 spiro atoms. The van der Waals surface area contributed by atoms with E-state index < -0.39 is 0 Å². The van der Waals surface area contributed by atoms with E-state index in [1.54, 1.807) is 18.2 Å². The van der Waals surface area contributed by atoms with Crippen LogP contribution in [0.1, 0.15) is 20.3 Å². The lowest BCUT2D eigenvalue weighted by Crippen LogP contribution is -2.53. The largest absolute Gasteiger partial charge is 0.488 e. The van der Waals surface area contributed by atoms with Gasteiger partial charge in [0.15, 0.2) is 0 Å². The fraction of sp³-hybridized carbons (Fsp3) is 0.500. The monoisotopic (exact) mass is 278 g/mol. The maximum absolute atomic E-state index is 6.13. The highest BCUT2D eigenvalue weighted by Crippen LogP contribution is 2.47. The van der Waals surface area contributed by atoms with Crippen LogP contribution in [0.2, 0.25) is 10.0 Å². The summed E-state index contributed by atoms with van der Waals surface area (Å²) in [6, 6.07) is 5.22. The predicted molar refractivity (Wildman–Crippen MR) is 68.9 cm³/mol. The van der Waals surface area contributed by atoms with Crippen LogP contribution in [0.4, 0.5) is 0 Å². The van der Waals surface area contributed by atoms with E-state index in [9.17, 15) is 0 Å². The van der Waals surface area contributed by atoms with E-state index in [1.165, 1.54) is 0 Å². The molecule has 0 N–H and O–H groups in total. The van der Waals surface area contributed by atoms with E-state index >= 15 is 0 Å². The fourth-order valence-electron chi connectivity index (χ4n) is 1.76. The lowest BCUT2D eigenvalue weighted by Gasteiger charge is -2.48. The Labute approximate surface area is 111 Å². The Balaban J connectivity index is 2.13. The molecule has 0 saturated heterocycles. The van der Waals surface area contributed by atoms with Gasteiger partial charge in [0.1, 0.15) is 11.9 Å². The number of ether oxygens (including phenoxy) is 1. The third-order valence-electron chi connectivity index (χ3n) is 3.22. The van der Waals surface area contributed by atoms with E-state index in [2.05, 4.69) is 13.8 Å². The fourth-order valence-corrected chi connectivity index (χ4v) is 2.38. The Morgan fingerprint density at radius 3 is 2.56 bits per heavy atom. The van der Waals surface area contributed by atoms with Crippen LogP contribution in [-0.2, 0) is 0 Å². The van der Waals surface area contributed by atoms with Crippen LogP contribution in [0, 0.1) is 5.41 Å². The van der Waals surface area contributed by atoms with Gasteiger partial charge in [-0.25, -0.2) is 0 Å². The summed E-state index contributed by atoms with van der Waals surface area (Å²) < 4.78 is 5.85. The first-order valence-corrected chi connectivity index (χ1v) is 6.36. The molecule has 1 aromatic carbocycles. The van der Waals surface area contributed by atoms with Gasteiger partial charge in [-0.15, -0.1) is 11.6 Å². The van der Waals surface area contributed by atoms with E-state index in [4.69, 9.17) is 39.5 Å². The minimum absolute atomic E-state index is 0.0206. The quantitative estimate of drug-likeness (QED) is 0.708. The van der Waals surface area contributed by atoms with Crippen LogP contribution in [0.25, 0.3) is 0 Å². The first kappa shape index (κ1) is 12.3. The maximum Gasteiger partial charge on any atom is 0.139 e. The van der Waals surface area contributed by atoms with E-state index in [-0.39, 0.29) is 16.9 Å². The van der Waals surface area contributed by atoms with Gasteiger partial charge in [0.2, 0.25) is 0 Å². The van der Waals surface area contributed by atoms with Gasteiger partial charge in [0, 0.05) is 28.3 Å². The Bertz CT molecular complexity index is 403. The zero-order valence-electron chi connectivity index (χ0n) is 9.14. The first-order chi connectivity index (χ1) is 7.41. The molecule has 2 atom stereocenters. The van der Waals surface area contributed by atoms with Crippen molar-refractivity contribution in [1.82, 2.24) is 0 Å². The predicted octanol–water partition coefficient (Wildman–Crippen LogP) is 4.78. The molecule has 0 aliphatic heterocycles. The van der Waals surface area contributed by atoms with Gasteiger partial charge < -0.3 is 4.74 Å². The van der Waals surface area contributed by atoms with Gasteiger partial charge >= 0.3 is 0 Å².